The molecule has 10 heteroatoms. The van der Waals surface area contributed by atoms with Crippen molar-refractivity contribution in [2.24, 2.45) is 5.10 Å². The van der Waals surface area contributed by atoms with Crippen molar-refractivity contribution in [1.29, 1.82) is 0 Å². The number of aryl methyl sites for hydroxylation is 1. The summed E-state index contributed by atoms with van der Waals surface area (Å²) in [5, 5.41) is 8.79. The Labute approximate surface area is 187 Å². The lowest BCUT2D eigenvalue weighted by Crippen LogP contribution is -2.49. The fourth-order valence-corrected chi connectivity index (χ4v) is 4.48. The highest BCUT2D eigenvalue weighted by Crippen LogP contribution is 2.30. The maximum absolute atomic E-state index is 15.6. The van der Waals surface area contributed by atoms with Crippen molar-refractivity contribution < 1.29 is 13.6 Å². The minimum Gasteiger partial charge on any atom is -0.364 e. The molecule has 1 atom stereocenters. The molecule has 32 heavy (non-hydrogen) atoms. The van der Waals surface area contributed by atoms with Crippen molar-refractivity contribution in [2.75, 3.05) is 24.5 Å². The summed E-state index contributed by atoms with van der Waals surface area (Å²) in [4.78, 5) is 28.1. The molecular formula is C22H23F2N5O2S. The first-order valence-corrected chi connectivity index (χ1v) is 11.2. The highest BCUT2D eigenvalue weighted by molar-refractivity contribution is 7.11. The smallest absolute Gasteiger partial charge is 0.276 e. The van der Waals surface area contributed by atoms with E-state index in [0.717, 1.165) is 10.9 Å². The van der Waals surface area contributed by atoms with E-state index in [1.54, 1.807) is 11.8 Å². The number of aromatic nitrogens is 1. The highest BCUT2D eigenvalue weighted by atomic mass is 32.1. The van der Waals surface area contributed by atoms with E-state index in [4.69, 9.17) is 0 Å². The molecule has 1 unspecified atom stereocenters. The number of carbonyl (C=O) groups excluding carboxylic acids is 1. The Morgan fingerprint density at radius 1 is 1.44 bits per heavy atom. The summed E-state index contributed by atoms with van der Waals surface area (Å²) in [7, 11) is 0. The van der Waals surface area contributed by atoms with Crippen LogP contribution in [-0.2, 0) is 6.54 Å². The molecule has 1 amide bonds. The van der Waals surface area contributed by atoms with Gasteiger partial charge in [-0.15, -0.1) is 11.3 Å². The van der Waals surface area contributed by atoms with Crippen LogP contribution in [0.2, 0.25) is 0 Å². The predicted molar refractivity (Wildman–Crippen MR) is 123 cm³/mol. The van der Waals surface area contributed by atoms with Crippen molar-refractivity contribution in [3.05, 3.63) is 62.1 Å². The first-order chi connectivity index (χ1) is 15.4. The number of nitrogens with zero attached hydrogens (tertiary/aromatic N) is 3. The number of hydrogen-bond donors (Lipinski definition) is 2. The van der Waals surface area contributed by atoms with Crippen LogP contribution in [0.1, 0.15) is 29.1 Å². The molecule has 3 aromatic rings. The maximum atomic E-state index is 15.6. The Balaban J connectivity index is 1.76. The molecule has 7 nitrogen and oxygen atoms in total. The molecule has 4 rings (SSSR count). The standard InChI is InChI=1S/C22H23F2N5O2S/c1-3-28-12-16(22(31)27-26-10-14-5-4-8-32-14)21(30)15-9-17(23)20(18(24)19(15)28)29-7-6-25-13(2)11-29/h4-5,8-10,12-13,25H,3,6-7,11H2,1-2H3,(H,27,31)/b26-10+. The number of hydrazone groups is 1. The molecule has 0 aliphatic carbocycles. The fourth-order valence-electron chi connectivity index (χ4n) is 3.89. The number of carbonyl (C=O) groups is 1. The number of benzene rings is 1. The Morgan fingerprint density at radius 3 is 2.94 bits per heavy atom. The molecule has 168 valence electrons. The third-order valence-electron chi connectivity index (χ3n) is 5.40. The van der Waals surface area contributed by atoms with Gasteiger partial charge in [-0.3, -0.25) is 9.59 Å². The van der Waals surface area contributed by atoms with Crippen LogP contribution in [0.4, 0.5) is 14.5 Å². The van der Waals surface area contributed by atoms with Crippen LogP contribution in [0.3, 0.4) is 0 Å². The summed E-state index contributed by atoms with van der Waals surface area (Å²) in [6, 6.07) is 4.77. The second-order valence-corrected chi connectivity index (χ2v) is 8.57. The van der Waals surface area contributed by atoms with Crippen LogP contribution in [-0.4, -0.2) is 42.4 Å². The number of pyridine rings is 1. The number of rotatable bonds is 5. The summed E-state index contributed by atoms with van der Waals surface area (Å²) in [5.74, 6) is -2.36. The third-order valence-corrected chi connectivity index (χ3v) is 6.21. The largest absolute Gasteiger partial charge is 0.364 e. The average molecular weight is 460 g/mol. The van der Waals surface area contributed by atoms with E-state index in [1.165, 1.54) is 28.3 Å². The van der Waals surface area contributed by atoms with Crippen molar-refractivity contribution in [3.8, 4) is 0 Å². The Morgan fingerprint density at radius 2 is 2.25 bits per heavy atom. The van der Waals surface area contributed by atoms with Crippen LogP contribution in [0.25, 0.3) is 10.9 Å². The zero-order valence-electron chi connectivity index (χ0n) is 17.7. The van der Waals surface area contributed by atoms with Crippen LogP contribution in [0.5, 0.6) is 0 Å². The molecule has 3 heterocycles. The quantitative estimate of drug-likeness (QED) is 0.454. The second-order valence-electron chi connectivity index (χ2n) is 7.59. The molecule has 0 saturated carbocycles. The van der Waals surface area contributed by atoms with E-state index in [9.17, 15) is 9.59 Å². The van der Waals surface area contributed by atoms with Gasteiger partial charge < -0.3 is 14.8 Å². The van der Waals surface area contributed by atoms with E-state index in [-0.39, 0.29) is 34.7 Å². The topological polar surface area (TPSA) is 78.7 Å². The number of amides is 1. The lowest BCUT2D eigenvalue weighted by molar-refractivity contribution is 0.0953. The fraction of sp³-hybridized carbons (Fsp3) is 0.318. The second kappa shape index (κ2) is 9.17. The maximum Gasteiger partial charge on any atom is 0.276 e. The molecule has 1 aliphatic rings. The number of halogens is 2. The average Bonchev–Trinajstić information content (AvgIpc) is 3.28. The minimum atomic E-state index is -0.822. The summed E-state index contributed by atoms with van der Waals surface area (Å²) in [5.41, 5.74) is 1.17. The number of anilines is 1. The SMILES string of the molecule is CCn1cc(C(=O)N/N=C/c2cccs2)c(=O)c2cc(F)c(N3CCNC(C)C3)c(F)c21. The normalized spacial score (nSPS) is 16.8. The van der Waals surface area contributed by atoms with Gasteiger partial charge in [-0.2, -0.15) is 5.10 Å². The van der Waals surface area contributed by atoms with Gasteiger partial charge in [0, 0.05) is 43.3 Å². The summed E-state index contributed by atoms with van der Waals surface area (Å²) in [6.45, 7) is 5.48. The molecule has 2 aromatic heterocycles. The van der Waals surface area contributed by atoms with Gasteiger partial charge in [-0.05, 0) is 31.4 Å². The molecule has 1 aromatic carbocycles. The number of piperazine rings is 1. The van der Waals surface area contributed by atoms with E-state index < -0.39 is 23.0 Å². The van der Waals surface area contributed by atoms with E-state index in [0.29, 0.717) is 19.6 Å². The molecule has 0 radical (unpaired) electrons. The molecule has 1 aliphatic heterocycles. The van der Waals surface area contributed by atoms with Gasteiger partial charge in [0.25, 0.3) is 5.91 Å². The van der Waals surface area contributed by atoms with Crippen LogP contribution < -0.4 is 21.1 Å². The van der Waals surface area contributed by atoms with Gasteiger partial charge in [0.1, 0.15) is 17.1 Å². The van der Waals surface area contributed by atoms with E-state index in [1.807, 2.05) is 24.4 Å². The number of fused-ring (bicyclic) bond motifs is 1. The Hall–Kier alpha value is -3.11. The van der Waals surface area contributed by atoms with Crippen molar-refractivity contribution >= 4 is 40.0 Å². The molecular weight excluding hydrogens is 436 g/mol. The monoisotopic (exact) mass is 459 g/mol. The van der Waals surface area contributed by atoms with Crippen molar-refractivity contribution in [2.45, 2.75) is 26.4 Å². The van der Waals surface area contributed by atoms with Gasteiger partial charge >= 0.3 is 0 Å². The van der Waals surface area contributed by atoms with Gasteiger partial charge in [-0.25, -0.2) is 14.2 Å². The predicted octanol–water partition coefficient (Wildman–Crippen LogP) is 2.92. The summed E-state index contributed by atoms with van der Waals surface area (Å²) < 4.78 is 32.1. The van der Waals surface area contributed by atoms with Gasteiger partial charge in [0.2, 0.25) is 5.43 Å². The Bertz CT molecular complexity index is 1240. The summed E-state index contributed by atoms with van der Waals surface area (Å²) in [6.07, 6.45) is 2.76. The highest BCUT2D eigenvalue weighted by Gasteiger charge is 2.27. The van der Waals surface area contributed by atoms with Crippen LogP contribution in [0, 0.1) is 11.6 Å². The zero-order valence-corrected chi connectivity index (χ0v) is 18.5. The van der Waals surface area contributed by atoms with Gasteiger partial charge in [0.15, 0.2) is 5.82 Å². The molecule has 0 spiro atoms. The molecule has 2 N–H and O–H groups in total. The number of hydrogen-bond acceptors (Lipinski definition) is 6. The Kier molecular flexibility index (Phi) is 6.33. The number of thiophene rings is 1. The third kappa shape index (κ3) is 4.15. The molecule has 0 bridgehead atoms. The first kappa shape index (κ1) is 22.1. The summed E-state index contributed by atoms with van der Waals surface area (Å²) >= 11 is 1.44. The van der Waals surface area contributed by atoms with Crippen LogP contribution in [0.15, 0.2) is 39.7 Å². The molecule has 1 fully saturated rings. The van der Waals surface area contributed by atoms with Crippen LogP contribution >= 0.6 is 11.3 Å². The minimum absolute atomic E-state index is 0.0151. The van der Waals surface area contributed by atoms with Crippen molar-refractivity contribution in [1.82, 2.24) is 15.3 Å². The lowest BCUT2D eigenvalue weighted by atomic mass is 10.1. The van der Waals surface area contributed by atoms with Crippen molar-refractivity contribution in [3.63, 3.8) is 0 Å². The lowest BCUT2D eigenvalue weighted by Gasteiger charge is -2.34. The number of nitrogens with one attached hydrogen (secondary N) is 2. The first-order valence-electron chi connectivity index (χ1n) is 10.3. The molecule has 1 saturated heterocycles. The zero-order chi connectivity index (χ0) is 22.8. The van der Waals surface area contributed by atoms with Gasteiger partial charge in [-0.1, -0.05) is 6.07 Å². The van der Waals surface area contributed by atoms with Gasteiger partial charge in [0.05, 0.1) is 17.1 Å². The van der Waals surface area contributed by atoms with E-state index >= 15 is 8.78 Å². The van der Waals surface area contributed by atoms with E-state index in [2.05, 4.69) is 15.8 Å².